The molecule has 1 saturated heterocycles. The molecule has 1 aliphatic heterocycles. The van der Waals surface area contributed by atoms with E-state index in [1.807, 2.05) is 53.4 Å². The van der Waals surface area contributed by atoms with Crippen molar-refractivity contribution in [1.82, 2.24) is 4.90 Å². The molecule has 26 heavy (non-hydrogen) atoms. The van der Waals surface area contributed by atoms with E-state index in [2.05, 4.69) is 17.0 Å². The van der Waals surface area contributed by atoms with Crippen LogP contribution >= 0.6 is 0 Å². The summed E-state index contributed by atoms with van der Waals surface area (Å²) < 4.78 is 0. The van der Waals surface area contributed by atoms with E-state index in [1.165, 1.54) is 5.69 Å². The van der Waals surface area contributed by atoms with E-state index in [0.717, 1.165) is 18.7 Å². The predicted octanol–water partition coefficient (Wildman–Crippen LogP) is 2.98. The van der Waals surface area contributed by atoms with Gasteiger partial charge in [0.2, 0.25) is 5.91 Å². The molecule has 0 aliphatic carbocycles. The molecule has 2 aromatic rings. The van der Waals surface area contributed by atoms with Gasteiger partial charge < -0.3 is 14.9 Å². The van der Waals surface area contributed by atoms with Crippen LogP contribution in [0.25, 0.3) is 0 Å². The summed E-state index contributed by atoms with van der Waals surface area (Å²) in [6.45, 7) is 2.93. The molecule has 1 amide bonds. The molecule has 1 heterocycles. The number of piperazine rings is 1. The van der Waals surface area contributed by atoms with Crippen molar-refractivity contribution in [1.29, 1.82) is 0 Å². The molecular formula is C21H24N2O3. The fourth-order valence-corrected chi connectivity index (χ4v) is 3.44. The van der Waals surface area contributed by atoms with E-state index in [0.29, 0.717) is 13.1 Å². The summed E-state index contributed by atoms with van der Waals surface area (Å²) >= 11 is 0. The zero-order valence-corrected chi connectivity index (χ0v) is 14.8. The van der Waals surface area contributed by atoms with Crippen LogP contribution in [0.15, 0.2) is 60.7 Å². The van der Waals surface area contributed by atoms with Crippen LogP contribution in [-0.2, 0) is 9.59 Å². The molecule has 0 saturated carbocycles. The molecule has 1 N–H and O–H groups in total. The Morgan fingerprint density at radius 1 is 0.846 bits per heavy atom. The first kappa shape index (κ1) is 18.0. The topological polar surface area (TPSA) is 60.9 Å². The normalized spacial score (nSPS) is 15.5. The SMILES string of the molecule is O=C(O)CC(CC(=O)N1CCN(c2ccccc2)CC1)c1ccccc1. The maximum atomic E-state index is 12.7. The number of rotatable bonds is 6. The van der Waals surface area contributed by atoms with Gasteiger partial charge in [0.25, 0.3) is 0 Å². The van der Waals surface area contributed by atoms with E-state index in [9.17, 15) is 14.7 Å². The zero-order chi connectivity index (χ0) is 18.4. The Hall–Kier alpha value is -2.82. The Kier molecular flexibility index (Phi) is 5.89. The Morgan fingerprint density at radius 2 is 1.42 bits per heavy atom. The van der Waals surface area contributed by atoms with Gasteiger partial charge in [-0.05, 0) is 17.7 Å². The minimum absolute atomic E-state index is 0.0280. The number of aliphatic carboxylic acids is 1. The van der Waals surface area contributed by atoms with Crippen molar-refractivity contribution in [2.45, 2.75) is 18.8 Å². The summed E-state index contributed by atoms with van der Waals surface area (Å²) in [5.41, 5.74) is 2.08. The Morgan fingerprint density at radius 3 is 2.00 bits per heavy atom. The number of carbonyl (C=O) groups excluding carboxylic acids is 1. The van der Waals surface area contributed by atoms with E-state index in [-0.39, 0.29) is 24.7 Å². The fourth-order valence-electron chi connectivity index (χ4n) is 3.44. The molecule has 0 bridgehead atoms. The molecule has 1 aliphatic rings. The Labute approximate surface area is 153 Å². The molecule has 3 rings (SSSR count). The smallest absolute Gasteiger partial charge is 0.303 e. The van der Waals surface area contributed by atoms with Crippen LogP contribution in [0.4, 0.5) is 5.69 Å². The second kappa shape index (κ2) is 8.52. The van der Waals surface area contributed by atoms with Crippen molar-refractivity contribution in [2.75, 3.05) is 31.1 Å². The van der Waals surface area contributed by atoms with Gasteiger partial charge in [-0.25, -0.2) is 0 Å². The number of para-hydroxylation sites is 1. The van der Waals surface area contributed by atoms with Crippen LogP contribution in [-0.4, -0.2) is 48.1 Å². The molecule has 136 valence electrons. The van der Waals surface area contributed by atoms with Gasteiger partial charge in [-0.2, -0.15) is 0 Å². The summed E-state index contributed by atoms with van der Waals surface area (Å²) in [6.07, 6.45) is 0.210. The van der Waals surface area contributed by atoms with Gasteiger partial charge in [0.05, 0.1) is 6.42 Å². The fraction of sp³-hybridized carbons (Fsp3) is 0.333. The summed E-state index contributed by atoms with van der Waals surface area (Å²) in [5.74, 6) is -1.12. The minimum atomic E-state index is -0.874. The number of amides is 1. The summed E-state index contributed by atoms with van der Waals surface area (Å²) in [6, 6.07) is 19.6. The lowest BCUT2D eigenvalue weighted by molar-refractivity contribution is -0.138. The molecule has 2 aromatic carbocycles. The van der Waals surface area contributed by atoms with Gasteiger partial charge in [-0.1, -0.05) is 48.5 Å². The average Bonchev–Trinajstić information content (AvgIpc) is 2.68. The maximum absolute atomic E-state index is 12.7. The number of hydrogen-bond acceptors (Lipinski definition) is 3. The lowest BCUT2D eigenvalue weighted by Gasteiger charge is -2.36. The number of carboxylic acids is 1. The first-order valence-corrected chi connectivity index (χ1v) is 8.98. The first-order valence-electron chi connectivity index (χ1n) is 8.98. The van der Waals surface area contributed by atoms with Crippen LogP contribution in [0.5, 0.6) is 0 Å². The lowest BCUT2D eigenvalue weighted by Crippen LogP contribution is -2.49. The van der Waals surface area contributed by atoms with E-state index < -0.39 is 5.97 Å². The third kappa shape index (κ3) is 4.63. The third-order valence-electron chi connectivity index (χ3n) is 4.87. The summed E-state index contributed by atoms with van der Waals surface area (Å²) in [4.78, 5) is 28.1. The molecule has 1 atom stereocenters. The second-order valence-corrected chi connectivity index (χ2v) is 6.61. The molecular weight excluding hydrogens is 328 g/mol. The van der Waals surface area contributed by atoms with Crippen LogP contribution in [0.3, 0.4) is 0 Å². The van der Waals surface area contributed by atoms with Gasteiger partial charge in [0.15, 0.2) is 0 Å². The van der Waals surface area contributed by atoms with E-state index in [1.54, 1.807) is 0 Å². The van der Waals surface area contributed by atoms with Crippen molar-refractivity contribution in [3.63, 3.8) is 0 Å². The van der Waals surface area contributed by atoms with Gasteiger partial charge in [0.1, 0.15) is 0 Å². The van der Waals surface area contributed by atoms with Gasteiger partial charge >= 0.3 is 5.97 Å². The molecule has 1 unspecified atom stereocenters. The first-order chi connectivity index (χ1) is 12.6. The average molecular weight is 352 g/mol. The van der Waals surface area contributed by atoms with Crippen LogP contribution in [0.1, 0.15) is 24.3 Å². The Bertz CT molecular complexity index is 725. The van der Waals surface area contributed by atoms with Crippen molar-refractivity contribution in [3.8, 4) is 0 Å². The van der Waals surface area contributed by atoms with Gasteiger partial charge in [0, 0.05) is 44.2 Å². The highest BCUT2D eigenvalue weighted by atomic mass is 16.4. The predicted molar refractivity (Wildman–Crippen MR) is 101 cm³/mol. The third-order valence-corrected chi connectivity index (χ3v) is 4.87. The zero-order valence-electron chi connectivity index (χ0n) is 14.8. The molecule has 0 aromatic heterocycles. The van der Waals surface area contributed by atoms with Crippen molar-refractivity contribution in [2.24, 2.45) is 0 Å². The number of benzene rings is 2. The quantitative estimate of drug-likeness (QED) is 0.868. The highest BCUT2D eigenvalue weighted by molar-refractivity contribution is 5.79. The summed E-state index contributed by atoms with van der Waals surface area (Å²) in [7, 11) is 0. The van der Waals surface area contributed by atoms with Crippen LogP contribution in [0.2, 0.25) is 0 Å². The molecule has 5 nitrogen and oxygen atoms in total. The maximum Gasteiger partial charge on any atom is 0.303 e. The number of anilines is 1. The largest absolute Gasteiger partial charge is 0.481 e. The highest BCUT2D eigenvalue weighted by Gasteiger charge is 2.25. The van der Waals surface area contributed by atoms with Crippen LogP contribution < -0.4 is 4.90 Å². The molecule has 1 fully saturated rings. The minimum Gasteiger partial charge on any atom is -0.481 e. The molecule has 5 heteroatoms. The Balaban J connectivity index is 1.59. The number of hydrogen-bond donors (Lipinski definition) is 1. The number of nitrogens with zero attached hydrogens (tertiary/aromatic N) is 2. The highest BCUT2D eigenvalue weighted by Crippen LogP contribution is 2.25. The van der Waals surface area contributed by atoms with Gasteiger partial charge in [-0.3, -0.25) is 9.59 Å². The van der Waals surface area contributed by atoms with Crippen molar-refractivity contribution in [3.05, 3.63) is 66.2 Å². The number of carboxylic acid groups (broad SMARTS) is 1. The lowest BCUT2D eigenvalue weighted by atomic mass is 9.92. The van der Waals surface area contributed by atoms with Crippen molar-refractivity contribution < 1.29 is 14.7 Å². The van der Waals surface area contributed by atoms with E-state index in [4.69, 9.17) is 0 Å². The van der Waals surface area contributed by atoms with Gasteiger partial charge in [-0.15, -0.1) is 0 Å². The second-order valence-electron chi connectivity index (χ2n) is 6.61. The monoisotopic (exact) mass is 352 g/mol. The number of carbonyl (C=O) groups is 2. The standard InChI is InChI=1S/C21H24N2O3/c24-20(15-18(16-21(25)26)17-7-3-1-4-8-17)23-13-11-22(12-14-23)19-9-5-2-6-10-19/h1-10,18H,11-16H2,(H,25,26). The molecule has 0 radical (unpaired) electrons. The van der Waals surface area contributed by atoms with Crippen molar-refractivity contribution >= 4 is 17.6 Å². The van der Waals surface area contributed by atoms with E-state index >= 15 is 0 Å². The summed E-state index contributed by atoms with van der Waals surface area (Å²) in [5, 5.41) is 9.20. The van der Waals surface area contributed by atoms with Crippen LogP contribution in [0, 0.1) is 0 Å². The molecule has 0 spiro atoms.